The van der Waals surface area contributed by atoms with Gasteiger partial charge in [-0.2, -0.15) is 0 Å². The standard InChI is InChI=1S/C27H35NO3/c1-5-7-8-12-15-23(27(29)31-6-2)26-20(3)28(19-21-13-10-9-11-14-21)25-17-16-22(30-4)18-24(25)26/h9-11,13-14,16-18,23H,5-8,12,15,19H2,1-4H3. The molecule has 4 heteroatoms. The molecule has 0 radical (unpaired) electrons. The average molecular weight is 422 g/mol. The molecule has 31 heavy (non-hydrogen) atoms. The van der Waals surface area contributed by atoms with Gasteiger partial charge in [-0.05, 0) is 49.6 Å². The topological polar surface area (TPSA) is 40.5 Å². The normalized spacial score (nSPS) is 12.1. The Bertz CT molecular complexity index is 991. The van der Waals surface area contributed by atoms with Crippen molar-refractivity contribution in [3.63, 3.8) is 0 Å². The predicted octanol–water partition coefficient (Wildman–Crippen LogP) is 6.62. The SMILES string of the molecule is CCCCCCC(C(=O)OCC)c1c(C)n(Cc2ccccc2)c2ccc(OC)cc12. The van der Waals surface area contributed by atoms with Crippen LogP contribution in [-0.2, 0) is 16.1 Å². The van der Waals surface area contributed by atoms with E-state index in [1.807, 2.05) is 19.1 Å². The van der Waals surface area contributed by atoms with E-state index < -0.39 is 0 Å². The number of carbonyl (C=O) groups is 1. The summed E-state index contributed by atoms with van der Waals surface area (Å²) in [6.45, 7) is 7.37. The third-order valence-corrected chi connectivity index (χ3v) is 6.03. The number of rotatable bonds is 11. The molecule has 0 saturated heterocycles. The van der Waals surface area contributed by atoms with Crippen molar-refractivity contribution in [3.8, 4) is 5.75 Å². The lowest BCUT2D eigenvalue weighted by Gasteiger charge is -2.17. The molecule has 0 aliphatic heterocycles. The average Bonchev–Trinajstić information content (AvgIpc) is 3.05. The molecule has 3 aromatic rings. The molecule has 1 heterocycles. The summed E-state index contributed by atoms with van der Waals surface area (Å²) in [4.78, 5) is 13.1. The van der Waals surface area contributed by atoms with Gasteiger partial charge in [-0.25, -0.2) is 0 Å². The summed E-state index contributed by atoms with van der Waals surface area (Å²) in [7, 11) is 1.68. The van der Waals surface area contributed by atoms with Crippen molar-refractivity contribution in [3.05, 3.63) is 65.4 Å². The number of hydrogen-bond donors (Lipinski definition) is 0. The molecule has 1 unspecified atom stereocenters. The largest absolute Gasteiger partial charge is 0.497 e. The molecule has 0 amide bonds. The van der Waals surface area contributed by atoms with Gasteiger partial charge >= 0.3 is 5.97 Å². The lowest BCUT2D eigenvalue weighted by atomic mass is 9.90. The first-order valence-corrected chi connectivity index (χ1v) is 11.5. The van der Waals surface area contributed by atoms with Gasteiger partial charge in [0.1, 0.15) is 5.75 Å². The van der Waals surface area contributed by atoms with Crippen LogP contribution in [0.3, 0.4) is 0 Å². The zero-order chi connectivity index (χ0) is 22.2. The molecule has 3 rings (SSSR count). The van der Waals surface area contributed by atoms with E-state index in [9.17, 15) is 4.79 Å². The van der Waals surface area contributed by atoms with Gasteiger partial charge in [0, 0.05) is 23.1 Å². The van der Waals surface area contributed by atoms with Crippen LogP contribution in [0.25, 0.3) is 10.9 Å². The zero-order valence-electron chi connectivity index (χ0n) is 19.3. The maximum absolute atomic E-state index is 13.1. The predicted molar refractivity (Wildman–Crippen MR) is 127 cm³/mol. The van der Waals surface area contributed by atoms with E-state index in [0.717, 1.165) is 53.7 Å². The summed E-state index contributed by atoms with van der Waals surface area (Å²) in [5, 5.41) is 1.08. The molecule has 0 aliphatic rings. The number of fused-ring (bicyclic) bond motifs is 1. The first-order valence-electron chi connectivity index (χ1n) is 11.5. The summed E-state index contributed by atoms with van der Waals surface area (Å²) in [6.07, 6.45) is 5.33. The highest BCUT2D eigenvalue weighted by molar-refractivity contribution is 5.92. The van der Waals surface area contributed by atoms with Gasteiger partial charge in [-0.1, -0.05) is 62.9 Å². The molecule has 1 atom stereocenters. The second kappa shape index (κ2) is 11.0. The minimum atomic E-state index is -0.261. The number of hydrogen-bond acceptors (Lipinski definition) is 3. The van der Waals surface area contributed by atoms with Crippen molar-refractivity contribution >= 4 is 16.9 Å². The Kier molecular flexibility index (Phi) is 8.16. The van der Waals surface area contributed by atoms with Crippen LogP contribution in [0, 0.1) is 6.92 Å². The quantitative estimate of drug-likeness (QED) is 0.258. The highest BCUT2D eigenvalue weighted by Gasteiger charge is 2.28. The Morgan fingerprint density at radius 2 is 1.81 bits per heavy atom. The van der Waals surface area contributed by atoms with Crippen LogP contribution in [0.2, 0.25) is 0 Å². The second-order valence-corrected chi connectivity index (χ2v) is 8.11. The monoisotopic (exact) mass is 421 g/mol. The smallest absolute Gasteiger partial charge is 0.313 e. The van der Waals surface area contributed by atoms with Crippen LogP contribution in [0.1, 0.15) is 68.7 Å². The van der Waals surface area contributed by atoms with E-state index in [1.54, 1.807) is 7.11 Å². The Labute approximate surface area is 186 Å². The Hall–Kier alpha value is -2.75. The third kappa shape index (κ3) is 5.30. The van der Waals surface area contributed by atoms with Crippen molar-refractivity contribution in [1.82, 2.24) is 4.57 Å². The molecule has 1 aromatic heterocycles. The summed E-state index contributed by atoms with van der Waals surface area (Å²) >= 11 is 0. The van der Waals surface area contributed by atoms with Crippen molar-refractivity contribution in [1.29, 1.82) is 0 Å². The van der Waals surface area contributed by atoms with Gasteiger partial charge in [-0.3, -0.25) is 4.79 Å². The molecule has 2 aromatic carbocycles. The first kappa shape index (κ1) is 22.9. The Balaban J connectivity index is 2.10. The van der Waals surface area contributed by atoms with Crippen LogP contribution < -0.4 is 4.74 Å². The molecule has 0 bridgehead atoms. The number of aromatic nitrogens is 1. The number of carbonyl (C=O) groups excluding carboxylic acids is 1. The maximum Gasteiger partial charge on any atom is 0.313 e. The van der Waals surface area contributed by atoms with Gasteiger partial charge in [0.15, 0.2) is 0 Å². The number of methoxy groups -OCH3 is 1. The fraction of sp³-hybridized carbons (Fsp3) is 0.444. The van der Waals surface area contributed by atoms with Gasteiger partial charge in [0.2, 0.25) is 0 Å². The highest BCUT2D eigenvalue weighted by atomic mass is 16.5. The zero-order valence-corrected chi connectivity index (χ0v) is 19.3. The van der Waals surface area contributed by atoms with Gasteiger partial charge in [0.05, 0.1) is 19.6 Å². The van der Waals surface area contributed by atoms with E-state index in [2.05, 4.69) is 54.8 Å². The van der Waals surface area contributed by atoms with Gasteiger partial charge < -0.3 is 14.0 Å². The van der Waals surface area contributed by atoms with E-state index in [0.29, 0.717) is 6.61 Å². The first-order chi connectivity index (χ1) is 15.1. The van der Waals surface area contributed by atoms with E-state index in [4.69, 9.17) is 9.47 Å². The fourth-order valence-electron chi connectivity index (χ4n) is 4.42. The maximum atomic E-state index is 13.1. The summed E-state index contributed by atoms with van der Waals surface area (Å²) in [5.41, 5.74) is 4.57. The minimum Gasteiger partial charge on any atom is -0.497 e. The fourth-order valence-corrected chi connectivity index (χ4v) is 4.42. The molecular weight excluding hydrogens is 386 g/mol. The van der Waals surface area contributed by atoms with Crippen molar-refractivity contribution in [2.75, 3.05) is 13.7 Å². The molecule has 0 saturated carbocycles. The van der Waals surface area contributed by atoms with Crippen LogP contribution in [0.15, 0.2) is 48.5 Å². The molecule has 166 valence electrons. The van der Waals surface area contributed by atoms with Crippen LogP contribution >= 0.6 is 0 Å². The van der Waals surface area contributed by atoms with Gasteiger partial charge in [-0.15, -0.1) is 0 Å². The third-order valence-electron chi connectivity index (χ3n) is 6.03. The molecule has 0 spiro atoms. The molecule has 4 nitrogen and oxygen atoms in total. The Morgan fingerprint density at radius 1 is 1.03 bits per heavy atom. The number of ether oxygens (including phenoxy) is 2. The lowest BCUT2D eigenvalue weighted by Crippen LogP contribution is -2.17. The molecule has 0 fully saturated rings. The summed E-state index contributed by atoms with van der Waals surface area (Å²) < 4.78 is 13.4. The van der Waals surface area contributed by atoms with E-state index in [-0.39, 0.29) is 11.9 Å². The minimum absolute atomic E-state index is 0.122. The van der Waals surface area contributed by atoms with E-state index >= 15 is 0 Å². The molecule has 0 aliphatic carbocycles. The second-order valence-electron chi connectivity index (χ2n) is 8.11. The van der Waals surface area contributed by atoms with Crippen molar-refractivity contribution < 1.29 is 14.3 Å². The van der Waals surface area contributed by atoms with Crippen LogP contribution in [-0.4, -0.2) is 24.3 Å². The summed E-state index contributed by atoms with van der Waals surface area (Å²) in [5.74, 6) is 0.423. The van der Waals surface area contributed by atoms with Crippen molar-refractivity contribution in [2.45, 2.75) is 65.3 Å². The number of benzene rings is 2. The highest BCUT2D eigenvalue weighted by Crippen LogP contribution is 2.37. The number of unbranched alkanes of at least 4 members (excludes halogenated alkanes) is 3. The molecule has 0 N–H and O–H groups in total. The number of nitrogens with zero attached hydrogens (tertiary/aromatic N) is 1. The van der Waals surface area contributed by atoms with E-state index in [1.165, 1.54) is 18.4 Å². The lowest BCUT2D eigenvalue weighted by molar-refractivity contribution is -0.145. The van der Waals surface area contributed by atoms with Crippen molar-refractivity contribution in [2.24, 2.45) is 0 Å². The number of esters is 1. The van der Waals surface area contributed by atoms with Crippen LogP contribution in [0.4, 0.5) is 0 Å². The Morgan fingerprint density at radius 3 is 2.48 bits per heavy atom. The summed E-state index contributed by atoms with van der Waals surface area (Å²) in [6, 6.07) is 16.6. The molecular formula is C27H35NO3. The van der Waals surface area contributed by atoms with Crippen LogP contribution in [0.5, 0.6) is 5.75 Å². The van der Waals surface area contributed by atoms with Gasteiger partial charge in [0.25, 0.3) is 0 Å².